The highest BCUT2D eigenvalue weighted by Gasteiger charge is 2.23. The Balaban J connectivity index is 2.06. The molecule has 1 N–H and O–H groups in total. The molecule has 0 radical (unpaired) electrons. The second-order valence-electron chi connectivity index (χ2n) is 4.68. The first-order valence-corrected chi connectivity index (χ1v) is 6.34. The highest BCUT2D eigenvalue weighted by atomic mass is 16.5. The van der Waals surface area contributed by atoms with Gasteiger partial charge in [-0.05, 0) is 26.0 Å². The number of ether oxygens (including phenoxy) is 1. The topological polar surface area (TPSA) is 58.6 Å². The van der Waals surface area contributed by atoms with Crippen LogP contribution in [-0.2, 0) is 4.74 Å². The van der Waals surface area contributed by atoms with E-state index in [-0.39, 0.29) is 17.9 Å². The van der Waals surface area contributed by atoms with E-state index in [2.05, 4.69) is 5.32 Å². The first kappa shape index (κ1) is 13.5. The molecule has 2 rings (SSSR count). The summed E-state index contributed by atoms with van der Waals surface area (Å²) in [4.78, 5) is 25.2. The fraction of sp³-hybridized carbons (Fsp3) is 0.429. The van der Waals surface area contributed by atoms with Gasteiger partial charge in [-0.1, -0.05) is 12.1 Å². The Labute approximate surface area is 112 Å². The predicted molar refractivity (Wildman–Crippen MR) is 72.5 cm³/mol. The van der Waals surface area contributed by atoms with Gasteiger partial charge in [-0.15, -0.1) is 0 Å². The van der Waals surface area contributed by atoms with Crippen LogP contribution in [0.25, 0.3) is 0 Å². The van der Waals surface area contributed by atoms with E-state index in [1.807, 2.05) is 6.92 Å². The molecule has 1 saturated heterocycles. The Kier molecular flexibility index (Phi) is 4.16. The molecule has 0 saturated carbocycles. The van der Waals surface area contributed by atoms with Gasteiger partial charge in [-0.3, -0.25) is 4.79 Å². The van der Waals surface area contributed by atoms with Crippen molar-refractivity contribution in [2.75, 3.05) is 25.1 Å². The van der Waals surface area contributed by atoms with Gasteiger partial charge in [0, 0.05) is 17.8 Å². The highest BCUT2D eigenvalue weighted by Crippen LogP contribution is 2.14. The van der Waals surface area contributed by atoms with Gasteiger partial charge in [0.05, 0.1) is 19.3 Å². The van der Waals surface area contributed by atoms with E-state index < -0.39 is 0 Å². The molecule has 1 aromatic rings. The van der Waals surface area contributed by atoms with Gasteiger partial charge in [0.1, 0.15) is 0 Å². The maximum absolute atomic E-state index is 12.1. The molecule has 0 spiro atoms. The van der Waals surface area contributed by atoms with Gasteiger partial charge in [0.25, 0.3) is 0 Å². The van der Waals surface area contributed by atoms with E-state index in [0.29, 0.717) is 31.0 Å². The molecule has 1 heterocycles. The van der Waals surface area contributed by atoms with Crippen molar-refractivity contribution in [3.8, 4) is 0 Å². The molecule has 1 aliphatic rings. The highest BCUT2D eigenvalue weighted by molar-refractivity contribution is 5.96. The van der Waals surface area contributed by atoms with E-state index in [4.69, 9.17) is 4.74 Å². The largest absolute Gasteiger partial charge is 0.377 e. The van der Waals surface area contributed by atoms with Crippen molar-refractivity contribution < 1.29 is 14.3 Å². The number of carbonyl (C=O) groups excluding carboxylic acids is 2. The van der Waals surface area contributed by atoms with Gasteiger partial charge in [0.15, 0.2) is 5.78 Å². The number of nitrogens with one attached hydrogen (secondary N) is 1. The van der Waals surface area contributed by atoms with Crippen molar-refractivity contribution >= 4 is 17.5 Å². The third-order valence-electron chi connectivity index (χ3n) is 3.15. The molecule has 0 unspecified atom stereocenters. The number of anilines is 1. The number of urea groups is 1. The summed E-state index contributed by atoms with van der Waals surface area (Å²) in [6, 6.07) is 6.85. The number of Topliss-reactive ketones (excluding diaryl/α,β-unsaturated/α-hetero) is 1. The van der Waals surface area contributed by atoms with Crippen LogP contribution in [-0.4, -0.2) is 42.5 Å². The Morgan fingerprint density at radius 3 is 2.89 bits per heavy atom. The maximum Gasteiger partial charge on any atom is 0.322 e. The number of hydrogen-bond donors (Lipinski definition) is 1. The second kappa shape index (κ2) is 5.84. The molecule has 1 fully saturated rings. The lowest BCUT2D eigenvalue weighted by molar-refractivity contribution is 0.0222. The number of hydrogen-bond acceptors (Lipinski definition) is 3. The van der Waals surface area contributed by atoms with Crippen LogP contribution >= 0.6 is 0 Å². The van der Waals surface area contributed by atoms with Crippen LogP contribution < -0.4 is 5.32 Å². The summed E-state index contributed by atoms with van der Waals surface area (Å²) < 4.78 is 5.30. The number of benzene rings is 1. The van der Waals surface area contributed by atoms with Crippen LogP contribution in [0.2, 0.25) is 0 Å². The van der Waals surface area contributed by atoms with Crippen molar-refractivity contribution in [2.24, 2.45) is 0 Å². The van der Waals surface area contributed by atoms with Gasteiger partial charge in [0.2, 0.25) is 0 Å². The van der Waals surface area contributed by atoms with Crippen LogP contribution in [0.5, 0.6) is 0 Å². The summed E-state index contributed by atoms with van der Waals surface area (Å²) in [5.41, 5.74) is 1.23. The SMILES string of the molecule is CC(=O)c1cccc(NC(=O)N2CCOC[C@H]2C)c1. The van der Waals surface area contributed by atoms with Crippen molar-refractivity contribution in [1.82, 2.24) is 4.90 Å². The molecule has 5 heteroatoms. The molecular formula is C14H18N2O3. The fourth-order valence-corrected chi connectivity index (χ4v) is 2.04. The Morgan fingerprint density at radius 1 is 1.42 bits per heavy atom. The number of ketones is 1. The summed E-state index contributed by atoms with van der Waals surface area (Å²) >= 11 is 0. The van der Waals surface area contributed by atoms with E-state index in [1.165, 1.54) is 6.92 Å². The Morgan fingerprint density at radius 2 is 2.21 bits per heavy atom. The molecule has 1 aromatic carbocycles. The molecular weight excluding hydrogens is 244 g/mol. The molecule has 19 heavy (non-hydrogen) atoms. The third kappa shape index (κ3) is 3.32. The van der Waals surface area contributed by atoms with E-state index in [0.717, 1.165) is 0 Å². The lowest BCUT2D eigenvalue weighted by Crippen LogP contribution is -2.48. The summed E-state index contributed by atoms with van der Waals surface area (Å²) in [7, 11) is 0. The summed E-state index contributed by atoms with van der Waals surface area (Å²) in [5, 5.41) is 2.82. The lowest BCUT2D eigenvalue weighted by Gasteiger charge is -2.33. The molecule has 5 nitrogen and oxygen atoms in total. The Bertz CT molecular complexity index is 487. The fourth-order valence-electron chi connectivity index (χ4n) is 2.04. The van der Waals surface area contributed by atoms with Gasteiger partial charge in [-0.25, -0.2) is 4.79 Å². The number of carbonyl (C=O) groups is 2. The molecule has 1 aliphatic heterocycles. The van der Waals surface area contributed by atoms with Crippen molar-refractivity contribution in [3.63, 3.8) is 0 Å². The van der Waals surface area contributed by atoms with E-state index in [9.17, 15) is 9.59 Å². The summed E-state index contributed by atoms with van der Waals surface area (Å²) in [6.07, 6.45) is 0. The summed E-state index contributed by atoms with van der Waals surface area (Å²) in [5.74, 6) is -0.0177. The lowest BCUT2D eigenvalue weighted by atomic mass is 10.1. The van der Waals surface area contributed by atoms with Crippen molar-refractivity contribution in [2.45, 2.75) is 19.9 Å². The standard InChI is InChI=1S/C14H18N2O3/c1-10-9-19-7-6-16(10)14(18)15-13-5-3-4-12(8-13)11(2)17/h3-5,8,10H,6-7,9H2,1-2H3,(H,15,18)/t10-/m1/s1. The van der Waals surface area contributed by atoms with Gasteiger partial charge >= 0.3 is 6.03 Å². The van der Waals surface area contributed by atoms with Crippen LogP contribution in [0, 0.1) is 0 Å². The number of morpholine rings is 1. The monoisotopic (exact) mass is 262 g/mol. The zero-order chi connectivity index (χ0) is 13.8. The van der Waals surface area contributed by atoms with E-state index in [1.54, 1.807) is 29.2 Å². The maximum atomic E-state index is 12.1. The van der Waals surface area contributed by atoms with Gasteiger partial charge in [-0.2, -0.15) is 0 Å². The Hall–Kier alpha value is -1.88. The molecule has 1 atom stereocenters. The van der Waals surface area contributed by atoms with E-state index >= 15 is 0 Å². The average molecular weight is 262 g/mol. The quantitative estimate of drug-likeness (QED) is 0.831. The minimum Gasteiger partial charge on any atom is -0.377 e. The normalized spacial score (nSPS) is 19.1. The minimum absolute atomic E-state index is 0.0177. The van der Waals surface area contributed by atoms with Crippen LogP contribution in [0.1, 0.15) is 24.2 Å². The first-order chi connectivity index (χ1) is 9.08. The molecule has 0 aliphatic carbocycles. The number of nitrogens with zero attached hydrogens (tertiary/aromatic N) is 1. The minimum atomic E-state index is -0.156. The second-order valence-corrected chi connectivity index (χ2v) is 4.68. The van der Waals surface area contributed by atoms with Crippen molar-refractivity contribution in [3.05, 3.63) is 29.8 Å². The third-order valence-corrected chi connectivity index (χ3v) is 3.15. The van der Waals surface area contributed by atoms with Gasteiger partial charge < -0.3 is 15.0 Å². The first-order valence-electron chi connectivity index (χ1n) is 6.34. The zero-order valence-electron chi connectivity index (χ0n) is 11.2. The zero-order valence-corrected chi connectivity index (χ0v) is 11.2. The molecule has 0 bridgehead atoms. The van der Waals surface area contributed by atoms with Crippen molar-refractivity contribution in [1.29, 1.82) is 0 Å². The molecule has 0 aromatic heterocycles. The summed E-state index contributed by atoms with van der Waals surface area (Å²) in [6.45, 7) is 5.15. The number of amides is 2. The number of rotatable bonds is 2. The molecule has 2 amide bonds. The molecule has 102 valence electrons. The van der Waals surface area contributed by atoms with Crippen LogP contribution in [0.3, 0.4) is 0 Å². The average Bonchev–Trinajstić information content (AvgIpc) is 2.39. The smallest absolute Gasteiger partial charge is 0.322 e. The predicted octanol–water partition coefficient (Wildman–Crippen LogP) is 2.14. The van der Waals surface area contributed by atoms with Crippen LogP contribution in [0.4, 0.5) is 10.5 Å². The van der Waals surface area contributed by atoms with Crippen LogP contribution in [0.15, 0.2) is 24.3 Å².